The molecule has 0 aliphatic carbocycles. The highest BCUT2D eigenvalue weighted by atomic mass is 32.2. The van der Waals surface area contributed by atoms with Gasteiger partial charge in [-0.1, -0.05) is 42.1 Å². The normalized spacial score (nSPS) is 10.8. The number of benzene rings is 2. The zero-order valence-corrected chi connectivity index (χ0v) is 13.2. The Hall–Kier alpha value is -2.25. The molecule has 3 aromatic rings. The van der Waals surface area contributed by atoms with Crippen LogP contribution in [0.2, 0.25) is 0 Å². The minimum atomic E-state index is -0.211. The van der Waals surface area contributed by atoms with Crippen molar-refractivity contribution >= 4 is 11.8 Å². The van der Waals surface area contributed by atoms with Gasteiger partial charge in [0.25, 0.3) is 0 Å². The van der Waals surface area contributed by atoms with Crippen molar-refractivity contribution in [1.82, 2.24) is 25.5 Å². The van der Waals surface area contributed by atoms with Crippen LogP contribution in [0.3, 0.4) is 0 Å². The number of nitrogens with one attached hydrogen (secondary N) is 1. The molecule has 1 N–H and O–H groups in total. The van der Waals surface area contributed by atoms with Crippen LogP contribution in [-0.2, 0) is 6.54 Å². The van der Waals surface area contributed by atoms with Gasteiger partial charge in [-0.15, -0.1) is 5.10 Å². The molecule has 0 bridgehead atoms. The smallest absolute Gasteiger partial charge is 0.214 e. The molecule has 23 heavy (non-hydrogen) atoms. The quantitative estimate of drug-likeness (QED) is 0.533. The van der Waals surface area contributed by atoms with Crippen LogP contribution >= 0.6 is 11.8 Å². The number of para-hydroxylation sites is 1. The van der Waals surface area contributed by atoms with Gasteiger partial charge < -0.3 is 5.32 Å². The number of hydrogen-bond donors (Lipinski definition) is 1. The molecule has 7 heteroatoms. The van der Waals surface area contributed by atoms with Crippen molar-refractivity contribution in [3.63, 3.8) is 0 Å². The van der Waals surface area contributed by atoms with E-state index in [-0.39, 0.29) is 5.82 Å². The van der Waals surface area contributed by atoms with Crippen molar-refractivity contribution in [3.05, 3.63) is 66.0 Å². The van der Waals surface area contributed by atoms with Crippen LogP contribution < -0.4 is 5.32 Å². The fraction of sp³-hybridized carbons (Fsp3) is 0.188. The second-order valence-corrected chi connectivity index (χ2v) is 5.92. The van der Waals surface area contributed by atoms with E-state index in [2.05, 4.69) is 20.8 Å². The summed E-state index contributed by atoms with van der Waals surface area (Å²) in [6.07, 6.45) is 0. The number of halogens is 1. The van der Waals surface area contributed by atoms with Gasteiger partial charge in [-0.2, -0.15) is 4.68 Å². The van der Waals surface area contributed by atoms with Crippen LogP contribution in [0.5, 0.6) is 0 Å². The fourth-order valence-corrected chi connectivity index (χ4v) is 2.84. The van der Waals surface area contributed by atoms with Crippen molar-refractivity contribution in [2.24, 2.45) is 0 Å². The molecule has 2 aromatic carbocycles. The summed E-state index contributed by atoms with van der Waals surface area (Å²) in [5.74, 6) is 0.631. The average Bonchev–Trinajstić information content (AvgIpc) is 3.05. The second-order valence-electron chi connectivity index (χ2n) is 4.86. The number of hydrogen-bond acceptors (Lipinski definition) is 5. The Labute approximate surface area is 137 Å². The maximum atomic E-state index is 12.8. The molecule has 3 rings (SSSR count). The van der Waals surface area contributed by atoms with Crippen LogP contribution in [0, 0.1) is 5.82 Å². The number of nitrogens with zero attached hydrogens (tertiary/aromatic N) is 4. The summed E-state index contributed by atoms with van der Waals surface area (Å²) < 4.78 is 14.5. The molecule has 0 amide bonds. The molecule has 0 saturated heterocycles. The van der Waals surface area contributed by atoms with Crippen LogP contribution in [0.4, 0.5) is 4.39 Å². The summed E-state index contributed by atoms with van der Waals surface area (Å²) in [5, 5.41) is 15.9. The molecule has 1 aromatic heterocycles. The lowest BCUT2D eigenvalue weighted by atomic mass is 10.2. The Balaban J connectivity index is 1.46. The van der Waals surface area contributed by atoms with Crippen molar-refractivity contribution < 1.29 is 4.39 Å². The molecule has 0 aliphatic rings. The van der Waals surface area contributed by atoms with E-state index in [4.69, 9.17) is 0 Å². The van der Waals surface area contributed by atoms with Crippen molar-refractivity contribution in [2.45, 2.75) is 11.7 Å². The van der Waals surface area contributed by atoms with Gasteiger partial charge in [-0.05, 0) is 40.3 Å². The zero-order valence-electron chi connectivity index (χ0n) is 12.4. The first-order chi connectivity index (χ1) is 11.3. The van der Waals surface area contributed by atoms with Gasteiger partial charge in [0.15, 0.2) is 0 Å². The van der Waals surface area contributed by atoms with Crippen molar-refractivity contribution in [1.29, 1.82) is 0 Å². The first-order valence-electron chi connectivity index (χ1n) is 7.25. The SMILES string of the molecule is Fc1ccc(CNCCSc2nnnn2-c2ccccc2)cc1. The lowest BCUT2D eigenvalue weighted by Gasteiger charge is -2.06. The van der Waals surface area contributed by atoms with Crippen LogP contribution in [0.1, 0.15) is 5.56 Å². The highest BCUT2D eigenvalue weighted by Gasteiger charge is 2.07. The summed E-state index contributed by atoms with van der Waals surface area (Å²) in [6.45, 7) is 1.52. The highest BCUT2D eigenvalue weighted by molar-refractivity contribution is 7.99. The van der Waals surface area contributed by atoms with Crippen LogP contribution in [-0.4, -0.2) is 32.5 Å². The van der Waals surface area contributed by atoms with E-state index in [1.54, 1.807) is 28.6 Å². The molecular formula is C16H16FN5S. The molecule has 5 nitrogen and oxygen atoms in total. The lowest BCUT2D eigenvalue weighted by molar-refractivity contribution is 0.625. The van der Waals surface area contributed by atoms with Gasteiger partial charge in [0.2, 0.25) is 5.16 Å². The molecule has 0 spiro atoms. The molecule has 0 saturated carbocycles. The van der Waals surface area contributed by atoms with E-state index in [0.29, 0.717) is 6.54 Å². The van der Waals surface area contributed by atoms with E-state index in [9.17, 15) is 4.39 Å². The number of thioether (sulfide) groups is 1. The fourth-order valence-electron chi connectivity index (χ4n) is 2.05. The molecule has 0 atom stereocenters. The van der Waals surface area contributed by atoms with E-state index in [0.717, 1.165) is 28.7 Å². The topological polar surface area (TPSA) is 55.6 Å². The summed E-state index contributed by atoms with van der Waals surface area (Å²) >= 11 is 1.59. The van der Waals surface area contributed by atoms with Gasteiger partial charge in [-0.25, -0.2) is 4.39 Å². The summed E-state index contributed by atoms with van der Waals surface area (Å²) in [6, 6.07) is 16.3. The lowest BCUT2D eigenvalue weighted by Crippen LogP contribution is -2.16. The van der Waals surface area contributed by atoms with Gasteiger partial charge >= 0.3 is 0 Å². The van der Waals surface area contributed by atoms with Gasteiger partial charge in [0.05, 0.1) is 5.69 Å². The van der Waals surface area contributed by atoms with E-state index in [1.807, 2.05) is 30.3 Å². The van der Waals surface area contributed by atoms with Gasteiger partial charge in [0.1, 0.15) is 5.82 Å². The maximum Gasteiger partial charge on any atom is 0.214 e. The molecule has 0 unspecified atom stereocenters. The molecule has 0 radical (unpaired) electrons. The highest BCUT2D eigenvalue weighted by Crippen LogP contribution is 2.17. The number of rotatable bonds is 7. The molecule has 0 aliphatic heterocycles. The minimum Gasteiger partial charge on any atom is -0.312 e. The Morgan fingerprint density at radius 2 is 1.83 bits per heavy atom. The Kier molecular flexibility index (Phi) is 5.33. The second kappa shape index (κ2) is 7.85. The standard InChI is InChI=1S/C16H16FN5S/c17-14-8-6-13(7-9-14)12-18-10-11-23-16-19-20-21-22(16)15-4-2-1-3-5-15/h1-9,18H,10-12H2. The molecule has 118 valence electrons. The zero-order chi connectivity index (χ0) is 15.9. The summed E-state index contributed by atoms with van der Waals surface area (Å²) in [7, 11) is 0. The molecule has 1 heterocycles. The summed E-state index contributed by atoms with van der Waals surface area (Å²) in [4.78, 5) is 0. The predicted molar refractivity (Wildman–Crippen MR) is 88.0 cm³/mol. The third-order valence-corrected chi connectivity index (χ3v) is 4.12. The Morgan fingerprint density at radius 1 is 1.04 bits per heavy atom. The Morgan fingerprint density at radius 3 is 2.61 bits per heavy atom. The van der Waals surface area contributed by atoms with Gasteiger partial charge in [-0.3, -0.25) is 0 Å². The first-order valence-corrected chi connectivity index (χ1v) is 8.23. The van der Waals surface area contributed by atoms with Crippen molar-refractivity contribution in [2.75, 3.05) is 12.3 Å². The largest absolute Gasteiger partial charge is 0.312 e. The van der Waals surface area contributed by atoms with E-state index >= 15 is 0 Å². The predicted octanol–water partition coefficient (Wildman–Crippen LogP) is 2.68. The third kappa shape index (κ3) is 4.37. The van der Waals surface area contributed by atoms with E-state index < -0.39 is 0 Å². The van der Waals surface area contributed by atoms with Crippen molar-refractivity contribution in [3.8, 4) is 5.69 Å². The van der Waals surface area contributed by atoms with Crippen LogP contribution in [0.15, 0.2) is 59.8 Å². The van der Waals surface area contributed by atoms with Gasteiger partial charge in [0, 0.05) is 18.8 Å². The van der Waals surface area contributed by atoms with E-state index in [1.165, 1.54) is 12.1 Å². The first kappa shape index (κ1) is 15.6. The average molecular weight is 329 g/mol. The maximum absolute atomic E-state index is 12.8. The number of aromatic nitrogens is 4. The monoisotopic (exact) mass is 329 g/mol. The molecule has 0 fully saturated rings. The third-order valence-electron chi connectivity index (χ3n) is 3.19. The van der Waals surface area contributed by atoms with Crippen LogP contribution in [0.25, 0.3) is 5.69 Å². The Bertz CT molecular complexity index is 730. The summed E-state index contributed by atoms with van der Waals surface area (Å²) in [5.41, 5.74) is 2.00. The molecular weight excluding hydrogens is 313 g/mol. The number of tetrazole rings is 1. The minimum absolute atomic E-state index is 0.211.